The number of carboxylic acid groups (broad SMARTS) is 1. The number of nitrogens with one attached hydrogen (secondary N) is 7. The monoisotopic (exact) mass is 879 g/mol. The minimum Gasteiger partial charge on any atom is -0.480 e. The van der Waals surface area contributed by atoms with Crippen LogP contribution in [-0.4, -0.2) is 174 Å². The molecule has 0 fully saturated rings. The van der Waals surface area contributed by atoms with Crippen LogP contribution in [0.1, 0.15) is 77.0 Å². The van der Waals surface area contributed by atoms with Gasteiger partial charge in [-0.05, 0) is 103 Å². The highest BCUT2D eigenvalue weighted by molar-refractivity contribution is 5.97. The number of aliphatic hydroxyl groups is 4. The number of hydrogen-bond donors (Lipinski definition) is 17. The van der Waals surface area contributed by atoms with Crippen LogP contribution in [0.15, 0.2) is 0 Å². The summed E-state index contributed by atoms with van der Waals surface area (Å²) in [5.41, 5.74) is 27.7. The van der Waals surface area contributed by atoms with E-state index in [2.05, 4.69) is 37.2 Å². The number of aliphatic carboxylic acids is 1. The molecule has 0 unspecified atom stereocenters. The SMILES string of the molecule is NCCCC[C@H](NC(=O)[C@H](CO)NC(=O)[C@H](CCCCN)NC(=O)[C@H](CO)NC(=O)[C@H](CCCCN)NC(=O)[C@H](CO)NC(=O)[C@H](CCCCN)NC(=O)[C@@H](N)CO)C(=O)O. The van der Waals surface area contributed by atoms with Crippen molar-refractivity contribution < 1.29 is 63.9 Å². The van der Waals surface area contributed by atoms with Crippen LogP contribution in [0.5, 0.6) is 0 Å². The van der Waals surface area contributed by atoms with Crippen LogP contribution in [-0.2, 0) is 38.4 Å². The van der Waals surface area contributed by atoms with Gasteiger partial charge in [0, 0.05) is 0 Å². The van der Waals surface area contributed by atoms with Gasteiger partial charge in [-0.3, -0.25) is 33.6 Å². The van der Waals surface area contributed by atoms with E-state index in [1.54, 1.807) is 0 Å². The third-order valence-corrected chi connectivity index (χ3v) is 9.28. The van der Waals surface area contributed by atoms with E-state index >= 15 is 0 Å². The normalized spacial score (nSPS) is 15.0. The number of aliphatic hydroxyl groups excluding tert-OH is 4. The summed E-state index contributed by atoms with van der Waals surface area (Å²) in [6.45, 7) is -2.55. The van der Waals surface area contributed by atoms with Gasteiger partial charge in [-0.15, -0.1) is 0 Å². The average Bonchev–Trinajstić information content (AvgIpc) is 3.24. The molecule has 7 amide bonds. The largest absolute Gasteiger partial charge is 0.480 e. The fourth-order valence-electron chi connectivity index (χ4n) is 5.61. The number of carbonyl (C=O) groups excluding carboxylic acids is 7. The molecule has 61 heavy (non-hydrogen) atoms. The summed E-state index contributed by atoms with van der Waals surface area (Å²) >= 11 is 0. The van der Waals surface area contributed by atoms with Crippen LogP contribution >= 0.6 is 0 Å². The van der Waals surface area contributed by atoms with Gasteiger partial charge in [-0.1, -0.05) is 0 Å². The van der Waals surface area contributed by atoms with Crippen LogP contribution < -0.4 is 65.9 Å². The van der Waals surface area contributed by atoms with Gasteiger partial charge in [0.15, 0.2) is 0 Å². The second-order valence-electron chi connectivity index (χ2n) is 14.2. The molecule has 0 rings (SSSR count). The van der Waals surface area contributed by atoms with Gasteiger partial charge in [-0.25, -0.2) is 4.79 Å². The minimum absolute atomic E-state index is 0.0342. The summed E-state index contributed by atoms with van der Waals surface area (Å²) in [6, 6.07) is -11.7. The summed E-state index contributed by atoms with van der Waals surface area (Å²) < 4.78 is 0. The Morgan fingerprint density at radius 3 is 0.820 bits per heavy atom. The molecule has 0 saturated carbocycles. The van der Waals surface area contributed by atoms with Crippen molar-refractivity contribution in [2.75, 3.05) is 52.6 Å². The Balaban J connectivity index is 6.07. The molecule has 0 aliphatic heterocycles. The van der Waals surface area contributed by atoms with Crippen molar-refractivity contribution in [2.24, 2.45) is 28.7 Å². The Morgan fingerprint density at radius 2 is 0.574 bits per heavy atom. The fourth-order valence-corrected chi connectivity index (χ4v) is 5.61. The van der Waals surface area contributed by atoms with Gasteiger partial charge in [0.25, 0.3) is 0 Å². The van der Waals surface area contributed by atoms with Gasteiger partial charge in [0.05, 0.1) is 26.4 Å². The Bertz CT molecular complexity index is 1370. The quantitative estimate of drug-likeness (QED) is 0.0263. The first-order valence-electron chi connectivity index (χ1n) is 20.4. The van der Waals surface area contributed by atoms with E-state index < -0.39 is 122 Å². The predicted molar refractivity (Wildman–Crippen MR) is 219 cm³/mol. The maximum atomic E-state index is 13.6. The van der Waals surface area contributed by atoms with E-state index in [9.17, 15) is 63.9 Å². The number of unbranched alkanes of at least 4 members (excludes halogenated alkanes) is 4. The highest BCUT2D eigenvalue weighted by Gasteiger charge is 2.34. The summed E-state index contributed by atoms with van der Waals surface area (Å²) in [5, 5.41) is 65.2. The Hall–Kier alpha value is -4.60. The van der Waals surface area contributed by atoms with E-state index in [1.807, 2.05) is 0 Å². The first-order valence-corrected chi connectivity index (χ1v) is 20.4. The van der Waals surface area contributed by atoms with Gasteiger partial charge >= 0.3 is 5.97 Å². The van der Waals surface area contributed by atoms with Gasteiger partial charge in [-0.2, -0.15) is 0 Å². The fraction of sp³-hybridized carbons (Fsp3) is 0.778. The summed E-state index contributed by atoms with van der Waals surface area (Å²) in [6.07, 6.45) is 3.13. The smallest absolute Gasteiger partial charge is 0.326 e. The maximum Gasteiger partial charge on any atom is 0.326 e. The molecule has 0 radical (unpaired) electrons. The van der Waals surface area contributed by atoms with Crippen molar-refractivity contribution in [3.8, 4) is 0 Å². The standard InChI is InChI=1S/C36H70N12O13/c37-13-5-1-9-22(42-29(53)21(41)17-49)30(54)46-26(18-50)33(57)43-23(10-2-6-14-38)31(55)47-27(19-51)34(58)44-24(11-3-7-15-39)32(56)48-28(20-52)35(59)45-25(36(60)61)12-4-8-16-40/h21-28,49-52H,1-20,37-41H2,(H,42,53)(H,43,57)(H,44,58)(H,45,59)(H,46,54)(H,47,55)(H,48,56)(H,60,61)/t21-,22-,23-,24-,25-,26-,27-,28-/m0/s1. The molecule has 0 heterocycles. The number of carboxylic acids is 1. The average molecular weight is 879 g/mol. The number of carbonyl (C=O) groups is 8. The van der Waals surface area contributed by atoms with Gasteiger partial charge in [0.2, 0.25) is 41.4 Å². The summed E-state index contributed by atoms with van der Waals surface area (Å²) in [5.74, 6) is -8.11. The molecule has 0 aromatic rings. The first kappa shape index (κ1) is 56.4. The topological polar surface area (TPSA) is 452 Å². The van der Waals surface area contributed by atoms with Crippen LogP contribution in [0, 0.1) is 0 Å². The third-order valence-electron chi connectivity index (χ3n) is 9.28. The molecule has 0 aliphatic rings. The molecule has 0 aliphatic carbocycles. The predicted octanol–water partition coefficient (Wildman–Crippen LogP) is -7.72. The van der Waals surface area contributed by atoms with E-state index in [0.717, 1.165) is 0 Å². The Morgan fingerprint density at radius 1 is 0.344 bits per heavy atom. The van der Waals surface area contributed by atoms with Crippen molar-refractivity contribution in [3.05, 3.63) is 0 Å². The van der Waals surface area contributed by atoms with E-state index in [-0.39, 0.29) is 58.2 Å². The number of nitrogens with two attached hydrogens (primary N) is 5. The van der Waals surface area contributed by atoms with Crippen LogP contribution in [0.3, 0.4) is 0 Å². The highest BCUT2D eigenvalue weighted by Crippen LogP contribution is 2.07. The molecular weight excluding hydrogens is 808 g/mol. The highest BCUT2D eigenvalue weighted by atomic mass is 16.4. The Kier molecular flexibility index (Phi) is 30.6. The molecule has 0 spiro atoms. The number of hydrogen-bond acceptors (Lipinski definition) is 17. The molecule has 25 nitrogen and oxygen atoms in total. The third kappa shape index (κ3) is 22.7. The van der Waals surface area contributed by atoms with Crippen molar-refractivity contribution in [3.63, 3.8) is 0 Å². The molecule has 0 aromatic heterocycles. The number of rotatable bonds is 35. The minimum atomic E-state index is -1.70. The zero-order valence-electron chi connectivity index (χ0n) is 34.6. The molecule has 8 atom stereocenters. The molecular formula is C36H70N12O13. The zero-order chi connectivity index (χ0) is 46.3. The second-order valence-corrected chi connectivity index (χ2v) is 14.2. The lowest BCUT2D eigenvalue weighted by molar-refractivity contribution is -0.143. The maximum absolute atomic E-state index is 13.6. The van der Waals surface area contributed by atoms with Crippen molar-refractivity contribution in [1.82, 2.24) is 37.2 Å². The molecule has 0 saturated heterocycles. The summed E-state index contributed by atoms with van der Waals surface area (Å²) in [4.78, 5) is 104. The van der Waals surface area contributed by atoms with Gasteiger partial charge in [0.1, 0.15) is 48.3 Å². The van der Waals surface area contributed by atoms with Crippen molar-refractivity contribution in [2.45, 2.75) is 125 Å². The van der Waals surface area contributed by atoms with Crippen LogP contribution in [0.25, 0.3) is 0 Å². The molecule has 0 bridgehead atoms. The lowest BCUT2D eigenvalue weighted by atomic mass is 10.1. The first-order chi connectivity index (χ1) is 29.1. The summed E-state index contributed by atoms with van der Waals surface area (Å²) in [7, 11) is 0. The molecule has 22 N–H and O–H groups in total. The number of amides is 7. The van der Waals surface area contributed by atoms with Crippen LogP contribution in [0.4, 0.5) is 0 Å². The van der Waals surface area contributed by atoms with E-state index in [4.69, 9.17) is 28.7 Å². The lowest BCUT2D eigenvalue weighted by Crippen LogP contribution is -2.61. The van der Waals surface area contributed by atoms with Crippen molar-refractivity contribution in [1.29, 1.82) is 0 Å². The van der Waals surface area contributed by atoms with E-state index in [0.29, 0.717) is 45.1 Å². The molecule has 0 aromatic carbocycles. The van der Waals surface area contributed by atoms with Crippen molar-refractivity contribution >= 4 is 47.3 Å². The Labute approximate surface area is 354 Å². The van der Waals surface area contributed by atoms with E-state index in [1.165, 1.54) is 0 Å². The molecule has 25 heteroatoms. The second kappa shape index (κ2) is 33.1. The molecule has 352 valence electrons. The van der Waals surface area contributed by atoms with Crippen LogP contribution in [0.2, 0.25) is 0 Å². The lowest BCUT2D eigenvalue weighted by Gasteiger charge is -2.27. The van der Waals surface area contributed by atoms with Gasteiger partial charge < -0.3 is 91.4 Å². The zero-order valence-corrected chi connectivity index (χ0v) is 34.6.